The van der Waals surface area contributed by atoms with Gasteiger partial charge in [0.15, 0.2) is 11.5 Å². The summed E-state index contributed by atoms with van der Waals surface area (Å²) in [5.41, 5.74) is 1.07. The van der Waals surface area contributed by atoms with Crippen molar-refractivity contribution in [3.63, 3.8) is 0 Å². The number of para-hydroxylation sites is 1. The maximum Gasteiger partial charge on any atom is 2.00 e. The predicted octanol–water partition coefficient (Wildman–Crippen LogP) is 9.50. The Hall–Kier alpha value is -0.747. The van der Waals surface area contributed by atoms with Gasteiger partial charge in [-0.15, -0.1) is 0 Å². The topological polar surface area (TPSA) is 18.5 Å². The van der Waals surface area contributed by atoms with Crippen molar-refractivity contribution in [1.82, 2.24) is 0 Å². The van der Waals surface area contributed by atoms with Crippen molar-refractivity contribution in [2.75, 3.05) is 7.11 Å². The van der Waals surface area contributed by atoms with E-state index in [0.717, 1.165) is 5.56 Å². The zero-order valence-electron chi connectivity index (χ0n) is 16.0. The summed E-state index contributed by atoms with van der Waals surface area (Å²) in [5.74, 6) is 1.61. The number of halogens is 8. The molecule has 5 radical (unpaired) electrons. The van der Waals surface area contributed by atoms with Crippen LogP contribution in [0.4, 0.5) is 25.2 Å². The van der Waals surface area contributed by atoms with Gasteiger partial charge in [-0.2, -0.15) is 0 Å². The molecule has 2 nitrogen and oxygen atoms in total. The van der Waals surface area contributed by atoms with Gasteiger partial charge in [-0.05, 0) is 68.9 Å². The summed E-state index contributed by atoms with van der Waals surface area (Å²) in [6, 6.07) is 10.9. The number of benzene rings is 2. The van der Waals surface area contributed by atoms with Gasteiger partial charge in [0.25, 0.3) is 0 Å². The van der Waals surface area contributed by atoms with Crippen molar-refractivity contribution in [3.8, 4) is 17.2 Å². The molecule has 0 aliphatic heterocycles. The molecule has 2 aromatic rings. The zero-order valence-corrected chi connectivity index (χ0v) is 20.1. The molecule has 1 saturated carbocycles. The molecule has 173 valence electrons. The van der Waals surface area contributed by atoms with Crippen LogP contribution in [0.15, 0.2) is 36.4 Å². The number of methoxy groups -OCH3 is 1. The maximum absolute atomic E-state index is 10.7. The minimum absolute atomic E-state index is 0. The first-order chi connectivity index (χ1) is 13.6. The summed E-state index contributed by atoms with van der Waals surface area (Å²) in [6.07, 6.45) is 10.0. The molecule has 0 atom stereocenters. The van der Waals surface area contributed by atoms with E-state index in [1.807, 2.05) is 57.2 Å². The van der Waals surface area contributed by atoms with E-state index >= 15 is 0 Å². The molecule has 1 aliphatic rings. The van der Waals surface area contributed by atoms with Crippen molar-refractivity contribution >= 4 is 31.0 Å². The van der Waals surface area contributed by atoms with Gasteiger partial charge in [0.2, 0.25) is 0 Å². The van der Waals surface area contributed by atoms with Gasteiger partial charge < -0.3 is 9.47 Å². The summed E-state index contributed by atoms with van der Waals surface area (Å²) >= 11 is 12.1. The van der Waals surface area contributed by atoms with E-state index in [2.05, 4.69) is 0 Å². The summed E-state index contributed by atoms with van der Waals surface area (Å²) in [6.45, 7) is 1.97. The number of hydrogen-bond donors (Lipinski definition) is 0. The van der Waals surface area contributed by atoms with Gasteiger partial charge in [0.05, 0.1) is 17.2 Å². The zero-order chi connectivity index (χ0) is 23.1. The Bertz CT molecular complexity index is 828. The summed E-state index contributed by atoms with van der Waals surface area (Å²) in [4.78, 5) is 0. The first kappa shape index (κ1) is 30.3. The Morgan fingerprint density at radius 3 is 1.65 bits per heavy atom. The molecule has 0 spiro atoms. The summed E-state index contributed by atoms with van der Waals surface area (Å²) in [5, 5.41) is 1.05. The van der Waals surface area contributed by atoms with Crippen LogP contribution in [0.5, 0.6) is 17.2 Å². The molecule has 0 unspecified atom stereocenters. The molecule has 2 aromatic carbocycles. The Balaban J connectivity index is 0.000000571. The van der Waals surface area contributed by atoms with Crippen molar-refractivity contribution < 1.29 is 54.1 Å². The molecule has 12 heteroatoms. The van der Waals surface area contributed by atoms with Crippen LogP contribution in [0.3, 0.4) is 0 Å². The molecule has 3 rings (SSSR count). The molecular formula is C19H17Cl2F6O2PRu+. The van der Waals surface area contributed by atoms with E-state index in [0.29, 0.717) is 27.3 Å². The summed E-state index contributed by atoms with van der Waals surface area (Å²) in [7, 11) is -9.11. The van der Waals surface area contributed by atoms with E-state index in [1.54, 1.807) is 25.3 Å². The largest absolute Gasteiger partial charge is 2.00 e. The third-order valence-corrected chi connectivity index (χ3v) is 3.59. The molecule has 1 aliphatic carbocycles. The van der Waals surface area contributed by atoms with E-state index in [1.165, 1.54) is 0 Å². The standard InChI is InChI=1S/C14H12Cl2O2.C5H5.F6P.Ru/c1-9-6-7-12(11(16)8-9)18-13-5-3-4-10(15)14(13)17-2;1-2-4-5-3-1;1-7(2,3,4,5)6;/h3-8H,1-2H3;1-5H;;/q;;-1;+2. The fourth-order valence-corrected chi connectivity index (χ4v) is 2.41. The Labute approximate surface area is 200 Å². The van der Waals surface area contributed by atoms with Gasteiger partial charge in [0, 0.05) is 0 Å². The average Bonchev–Trinajstić information content (AvgIpc) is 3.14. The normalized spacial score (nSPS) is 15.0. The van der Waals surface area contributed by atoms with Crippen molar-refractivity contribution in [3.05, 3.63) is 84.1 Å². The molecule has 0 amide bonds. The molecule has 0 saturated heterocycles. The van der Waals surface area contributed by atoms with Crippen molar-refractivity contribution in [2.45, 2.75) is 6.92 Å². The molecule has 31 heavy (non-hydrogen) atoms. The van der Waals surface area contributed by atoms with Crippen LogP contribution in [0, 0.1) is 39.0 Å². The van der Waals surface area contributed by atoms with Gasteiger partial charge in [-0.25, -0.2) is 0 Å². The number of ether oxygens (including phenoxy) is 2. The van der Waals surface area contributed by atoms with Crippen molar-refractivity contribution in [2.24, 2.45) is 0 Å². The molecule has 0 aromatic heterocycles. The SMILES string of the molecule is COc1c(Cl)cccc1Oc1ccc(C)cc1Cl.F[P-](F)(F)(F)(F)F.[CH]1[CH][CH][CH][CH]1.[Ru+2]. The molecular weight excluding hydrogens is 577 g/mol. The van der Waals surface area contributed by atoms with Crippen LogP contribution in [-0.4, -0.2) is 7.11 Å². The van der Waals surface area contributed by atoms with Gasteiger partial charge in [-0.1, -0.05) is 35.3 Å². The first-order valence-electron chi connectivity index (χ1n) is 8.06. The Morgan fingerprint density at radius 1 is 0.742 bits per heavy atom. The Kier molecular flexibility index (Phi) is 11.1. The van der Waals surface area contributed by atoms with Crippen LogP contribution in [0.1, 0.15) is 5.56 Å². The third-order valence-electron chi connectivity index (χ3n) is 3.00. The second kappa shape index (κ2) is 11.4. The monoisotopic (exact) mass is 594 g/mol. The first-order valence-corrected chi connectivity index (χ1v) is 10.8. The fourth-order valence-electron chi connectivity index (χ4n) is 1.90. The maximum atomic E-state index is 9.87. The number of rotatable bonds is 3. The van der Waals surface area contributed by atoms with Gasteiger partial charge in [0.1, 0.15) is 5.75 Å². The average molecular weight is 594 g/mol. The Morgan fingerprint density at radius 2 is 1.23 bits per heavy atom. The van der Waals surface area contributed by atoms with Crippen LogP contribution >= 0.6 is 31.0 Å². The van der Waals surface area contributed by atoms with E-state index in [-0.39, 0.29) is 19.5 Å². The fraction of sp³-hybridized carbons (Fsp3) is 0.105. The van der Waals surface area contributed by atoms with E-state index < -0.39 is 7.81 Å². The number of aryl methyl sites for hydroxylation is 1. The summed E-state index contributed by atoms with van der Waals surface area (Å²) < 4.78 is 70.1. The molecule has 0 N–H and O–H groups in total. The van der Waals surface area contributed by atoms with Gasteiger partial charge >= 0.3 is 52.5 Å². The smallest absolute Gasteiger partial charge is 0.0312 e. The van der Waals surface area contributed by atoms with Gasteiger partial charge in [-0.3, -0.25) is 0 Å². The van der Waals surface area contributed by atoms with Crippen LogP contribution in [0.25, 0.3) is 0 Å². The van der Waals surface area contributed by atoms with E-state index in [4.69, 9.17) is 32.7 Å². The number of hydrogen-bond acceptors (Lipinski definition) is 2. The van der Waals surface area contributed by atoms with Crippen LogP contribution in [0.2, 0.25) is 10.0 Å². The third kappa shape index (κ3) is 15.7. The molecule has 0 heterocycles. The van der Waals surface area contributed by atoms with Crippen molar-refractivity contribution in [1.29, 1.82) is 0 Å². The minimum Gasteiger partial charge on any atom is -0.0312 e. The second-order valence-corrected chi connectivity index (χ2v) is 8.46. The predicted molar refractivity (Wildman–Crippen MR) is 109 cm³/mol. The second-order valence-electron chi connectivity index (χ2n) is 5.73. The molecule has 1 fully saturated rings. The van der Waals surface area contributed by atoms with E-state index in [9.17, 15) is 25.2 Å². The quantitative estimate of drug-likeness (QED) is 0.200. The molecule has 0 bridgehead atoms. The van der Waals surface area contributed by atoms with Crippen LogP contribution in [-0.2, 0) is 19.5 Å². The van der Waals surface area contributed by atoms with Crippen LogP contribution < -0.4 is 9.47 Å². The minimum atomic E-state index is -10.7.